The van der Waals surface area contributed by atoms with Crippen molar-refractivity contribution in [3.05, 3.63) is 427 Å². The summed E-state index contributed by atoms with van der Waals surface area (Å²) in [5.41, 5.74) is 30.4. The average molecular weight is 1400 g/mol. The molecule has 20 aromatic rings. The van der Waals surface area contributed by atoms with Gasteiger partial charge in [-0.15, -0.1) is 0 Å². The second kappa shape index (κ2) is 29.5. The molecule has 0 saturated heterocycles. The molecule has 0 amide bonds. The Labute approximate surface area is 638 Å². The zero-order chi connectivity index (χ0) is 74.1. The Morgan fingerprint density at radius 3 is 1.10 bits per heavy atom. The lowest BCUT2D eigenvalue weighted by molar-refractivity contribution is 0.631. The Bertz CT molecular complexity index is 6550. The van der Waals surface area contributed by atoms with Gasteiger partial charge in [0.25, 0.3) is 0 Å². The highest BCUT2D eigenvalue weighted by Crippen LogP contribution is 2.52. The van der Waals surface area contributed by atoms with Crippen molar-refractivity contribution in [1.29, 1.82) is 0 Å². The third-order valence-corrected chi connectivity index (χ3v) is 21.6. The SMILES string of the molecule is Cc1ccc(-n2c3ccccc3c3ccccc32)cc1.Cc1ccc2c(c1)N(c1ccc(-c3ccccc3)cc1)c1ccccc1C2(C)C.Cc1ccc2c(c1)c1ccccc1n2-c1ccccc1.Cc1ccc2c3ccccc3n(-c3ccccc3)c2c1.Cc1cccc2c1c1ccccc1n2-c1ccccc1. The Hall–Kier alpha value is -13.5. The summed E-state index contributed by atoms with van der Waals surface area (Å²) >= 11 is 0. The second-order valence-corrected chi connectivity index (χ2v) is 29.2. The van der Waals surface area contributed by atoms with Crippen molar-refractivity contribution in [2.45, 2.75) is 53.9 Å². The first-order valence-corrected chi connectivity index (χ1v) is 37.8. The number of hydrogen-bond acceptors (Lipinski definition) is 1. The van der Waals surface area contributed by atoms with E-state index >= 15 is 0 Å². The molecule has 21 rings (SSSR count). The molecule has 0 aliphatic carbocycles. The molecule has 0 radical (unpaired) electrons. The van der Waals surface area contributed by atoms with Crippen LogP contribution in [0.3, 0.4) is 0 Å². The number of nitrogens with zero attached hydrogens (tertiary/aromatic N) is 5. The van der Waals surface area contributed by atoms with Gasteiger partial charge in [-0.2, -0.15) is 0 Å². The normalized spacial score (nSPS) is 12.0. The van der Waals surface area contributed by atoms with E-state index in [1.54, 1.807) is 0 Å². The van der Waals surface area contributed by atoms with E-state index in [-0.39, 0.29) is 5.41 Å². The molecule has 5 heterocycles. The number of fused-ring (bicyclic) bond motifs is 14. The predicted octanol–water partition coefficient (Wildman–Crippen LogP) is 28.1. The summed E-state index contributed by atoms with van der Waals surface area (Å²) < 4.78 is 9.36. The standard InChI is InChI=1S/C28H25N.4C19H15N/c1-20-13-18-25-27(19-20)29(26-12-8-7-11-24(26)28(25,2)3)23-16-14-22(15-17-23)21-9-5-4-6-10-21;1-14-10-12-15(13-11-14)20-18-8-4-2-6-16(18)17-7-3-5-9-19(17)20;1-14-8-7-13-18-19(14)16-11-5-6-12-17(16)20(18)15-9-3-2-4-10-15;1-14-11-12-19-17(13-14)16-9-5-6-10-18(16)20(19)15-7-3-2-4-8-15;1-14-11-12-17-16-9-5-6-10-18(16)20(19(17)13-14)15-7-3-2-4-8-15/h4-19H,1-3H3;4*2-13H,1H3. The number of para-hydroxylation sites is 9. The molecule has 0 saturated carbocycles. The van der Waals surface area contributed by atoms with Crippen LogP contribution in [0.25, 0.3) is 121 Å². The molecule has 0 bridgehead atoms. The van der Waals surface area contributed by atoms with Gasteiger partial charge < -0.3 is 23.2 Å². The highest BCUT2D eigenvalue weighted by molar-refractivity contribution is 6.13. The maximum absolute atomic E-state index is 2.41. The van der Waals surface area contributed by atoms with Crippen LogP contribution < -0.4 is 4.90 Å². The van der Waals surface area contributed by atoms with Crippen LogP contribution in [0.4, 0.5) is 17.1 Å². The molecular weight excluding hydrogens is 1320 g/mol. The Morgan fingerprint density at radius 1 is 0.202 bits per heavy atom. The van der Waals surface area contributed by atoms with Crippen molar-refractivity contribution < 1.29 is 0 Å². The van der Waals surface area contributed by atoms with Crippen molar-refractivity contribution in [2.24, 2.45) is 0 Å². The molecule has 5 nitrogen and oxygen atoms in total. The second-order valence-electron chi connectivity index (χ2n) is 29.2. The maximum atomic E-state index is 2.41. The van der Waals surface area contributed by atoms with Crippen molar-refractivity contribution >= 4 is 104 Å². The third kappa shape index (κ3) is 13.0. The molecule has 0 spiro atoms. The van der Waals surface area contributed by atoms with Crippen LogP contribution in [0.15, 0.2) is 388 Å². The number of aryl methyl sites for hydroxylation is 5. The molecular formula is C104H85N5. The van der Waals surface area contributed by atoms with Gasteiger partial charge in [0.2, 0.25) is 0 Å². The number of aromatic nitrogens is 4. The summed E-state index contributed by atoms with van der Waals surface area (Å²) in [5.74, 6) is 0. The molecule has 109 heavy (non-hydrogen) atoms. The van der Waals surface area contributed by atoms with Crippen LogP contribution in [0.2, 0.25) is 0 Å². The minimum Gasteiger partial charge on any atom is -0.310 e. The maximum Gasteiger partial charge on any atom is 0.0543 e. The molecule has 1 aliphatic rings. The molecule has 5 heteroatoms. The molecule has 4 aromatic heterocycles. The Balaban J connectivity index is 0.000000100. The predicted molar refractivity (Wildman–Crippen MR) is 465 cm³/mol. The molecule has 0 N–H and O–H groups in total. The molecule has 1 aliphatic heterocycles. The van der Waals surface area contributed by atoms with Gasteiger partial charge in [-0.1, -0.05) is 286 Å². The van der Waals surface area contributed by atoms with Crippen molar-refractivity contribution in [3.8, 4) is 33.9 Å². The van der Waals surface area contributed by atoms with Gasteiger partial charge in [-0.05, 0) is 201 Å². The summed E-state index contributed by atoms with van der Waals surface area (Å²) in [7, 11) is 0. The fourth-order valence-electron chi connectivity index (χ4n) is 16.4. The highest BCUT2D eigenvalue weighted by atomic mass is 15.2. The lowest BCUT2D eigenvalue weighted by Gasteiger charge is -2.42. The summed E-state index contributed by atoms with van der Waals surface area (Å²) in [6, 6.07) is 138. The van der Waals surface area contributed by atoms with Crippen LogP contribution in [-0.2, 0) is 5.41 Å². The molecule has 0 unspecified atom stereocenters. The van der Waals surface area contributed by atoms with Crippen LogP contribution in [0, 0.1) is 34.6 Å². The topological polar surface area (TPSA) is 23.0 Å². The number of benzene rings is 16. The first-order chi connectivity index (χ1) is 53.4. The van der Waals surface area contributed by atoms with Crippen molar-refractivity contribution in [1.82, 2.24) is 18.3 Å². The van der Waals surface area contributed by atoms with Crippen LogP contribution >= 0.6 is 0 Å². The van der Waals surface area contributed by atoms with Gasteiger partial charge in [-0.25, -0.2) is 0 Å². The van der Waals surface area contributed by atoms with Crippen molar-refractivity contribution in [2.75, 3.05) is 4.90 Å². The van der Waals surface area contributed by atoms with Gasteiger partial charge >= 0.3 is 0 Å². The Kier molecular flexibility index (Phi) is 18.5. The summed E-state index contributed by atoms with van der Waals surface area (Å²) in [5, 5.41) is 10.6. The zero-order valence-corrected chi connectivity index (χ0v) is 62.7. The summed E-state index contributed by atoms with van der Waals surface area (Å²) in [6.45, 7) is 15.4. The van der Waals surface area contributed by atoms with Crippen molar-refractivity contribution in [3.63, 3.8) is 0 Å². The van der Waals surface area contributed by atoms with Gasteiger partial charge in [0.15, 0.2) is 0 Å². The van der Waals surface area contributed by atoms with Crippen LogP contribution in [0.5, 0.6) is 0 Å². The van der Waals surface area contributed by atoms with Crippen LogP contribution in [0.1, 0.15) is 52.8 Å². The summed E-state index contributed by atoms with van der Waals surface area (Å²) in [4.78, 5) is 2.41. The lowest BCUT2D eigenvalue weighted by atomic mass is 9.73. The molecule has 0 fully saturated rings. The minimum atomic E-state index is -0.0277. The van der Waals surface area contributed by atoms with E-state index in [9.17, 15) is 0 Å². The third-order valence-electron chi connectivity index (χ3n) is 21.6. The number of rotatable bonds is 6. The van der Waals surface area contributed by atoms with E-state index in [2.05, 4.69) is 460 Å². The average Bonchev–Trinajstić information content (AvgIpc) is 1.69. The van der Waals surface area contributed by atoms with Gasteiger partial charge in [0, 0.05) is 76.9 Å². The van der Waals surface area contributed by atoms with Gasteiger partial charge in [0.1, 0.15) is 0 Å². The van der Waals surface area contributed by atoms with Gasteiger partial charge in [0.05, 0.1) is 55.5 Å². The van der Waals surface area contributed by atoms with E-state index in [4.69, 9.17) is 0 Å². The smallest absolute Gasteiger partial charge is 0.0543 e. The minimum absolute atomic E-state index is 0.0277. The Morgan fingerprint density at radius 2 is 0.550 bits per heavy atom. The molecule has 526 valence electrons. The monoisotopic (exact) mass is 1400 g/mol. The van der Waals surface area contributed by atoms with E-state index in [1.165, 1.54) is 177 Å². The largest absolute Gasteiger partial charge is 0.310 e. The van der Waals surface area contributed by atoms with Crippen LogP contribution in [-0.4, -0.2) is 18.3 Å². The highest BCUT2D eigenvalue weighted by Gasteiger charge is 2.37. The summed E-state index contributed by atoms with van der Waals surface area (Å²) in [6.07, 6.45) is 0. The number of hydrogen-bond donors (Lipinski definition) is 0. The molecule has 16 aromatic carbocycles. The lowest BCUT2D eigenvalue weighted by Crippen LogP contribution is -2.30. The van der Waals surface area contributed by atoms with E-state index in [1.807, 2.05) is 0 Å². The molecule has 0 atom stereocenters. The number of anilines is 3. The first-order valence-electron chi connectivity index (χ1n) is 37.8. The zero-order valence-electron chi connectivity index (χ0n) is 62.7. The van der Waals surface area contributed by atoms with E-state index in [0.717, 1.165) is 0 Å². The first kappa shape index (κ1) is 68.6. The fraction of sp³-hybridized carbons (Fsp3) is 0.0769. The van der Waals surface area contributed by atoms with E-state index in [0.29, 0.717) is 0 Å². The van der Waals surface area contributed by atoms with Gasteiger partial charge in [-0.3, -0.25) is 0 Å². The fourth-order valence-corrected chi connectivity index (χ4v) is 16.4. The van der Waals surface area contributed by atoms with E-state index < -0.39 is 0 Å². The quantitative estimate of drug-likeness (QED) is 0.163.